The average Bonchev–Trinajstić information content (AvgIpc) is 2.36. The molecule has 2 aliphatic rings. The minimum Gasteiger partial charge on any atom is -0.379 e. The van der Waals surface area contributed by atoms with Crippen LogP contribution in [0.2, 0.25) is 0 Å². The van der Waals surface area contributed by atoms with E-state index in [1.165, 1.54) is 0 Å². The first-order valence-corrected chi connectivity index (χ1v) is 6.89. The Hall–Kier alpha value is -0.160. The fourth-order valence-corrected chi connectivity index (χ4v) is 2.77. The molecule has 0 aromatic carbocycles. The van der Waals surface area contributed by atoms with E-state index >= 15 is 0 Å². The molecule has 0 aromatic rings. The number of hydrogen-bond donors (Lipinski definition) is 1. The van der Waals surface area contributed by atoms with Crippen LogP contribution in [0.1, 0.15) is 32.6 Å². The molecule has 1 atom stereocenters. The van der Waals surface area contributed by atoms with E-state index in [0.717, 1.165) is 52.0 Å². The summed E-state index contributed by atoms with van der Waals surface area (Å²) in [5.74, 6) is 0. The Kier molecular flexibility index (Phi) is 5.22. The zero-order valence-corrected chi connectivity index (χ0v) is 10.9. The van der Waals surface area contributed by atoms with Gasteiger partial charge in [-0.25, -0.2) is 0 Å². The molecule has 0 bridgehead atoms. The largest absolute Gasteiger partial charge is 0.379 e. The van der Waals surface area contributed by atoms with E-state index in [2.05, 4.69) is 5.32 Å². The van der Waals surface area contributed by atoms with E-state index in [0.29, 0.717) is 19.3 Å². The summed E-state index contributed by atoms with van der Waals surface area (Å²) in [7, 11) is 0. The SMILES string of the molecule is CCOCCOC1CCOC2(CCNCC2)C1. The molecule has 0 amide bonds. The van der Waals surface area contributed by atoms with Gasteiger partial charge in [-0.1, -0.05) is 0 Å². The summed E-state index contributed by atoms with van der Waals surface area (Å²) in [5, 5.41) is 3.39. The number of nitrogens with one attached hydrogen (secondary N) is 1. The Bertz CT molecular complexity index is 211. The van der Waals surface area contributed by atoms with Crippen molar-refractivity contribution in [1.82, 2.24) is 5.32 Å². The fourth-order valence-electron chi connectivity index (χ4n) is 2.77. The molecule has 2 rings (SSSR count). The zero-order chi connectivity index (χ0) is 12.0. The van der Waals surface area contributed by atoms with Crippen LogP contribution in [-0.4, -0.2) is 51.2 Å². The van der Waals surface area contributed by atoms with Crippen molar-refractivity contribution in [2.24, 2.45) is 0 Å². The summed E-state index contributed by atoms with van der Waals surface area (Å²) < 4.78 is 17.2. The minimum absolute atomic E-state index is 0.0970. The van der Waals surface area contributed by atoms with E-state index < -0.39 is 0 Å². The van der Waals surface area contributed by atoms with Gasteiger partial charge < -0.3 is 19.5 Å². The lowest BCUT2D eigenvalue weighted by atomic mass is 9.84. The van der Waals surface area contributed by atoms with Crippen LogP contribution in [0, 0.1) is 0 Å². The zero-order valence-electron chi connectivity index (χ0n) is 10.9. The molecule has 2 aliphatic heterocycles. The summed E-state index contributed by atoms with van der Waals surface area (Å²) in [6, 6.07) is 0. The maximum Gasteiger partial charge on any atom is 0.0731 e. The van der Waals surface area contributed by atoms with E-state index in [-0.39, 0.29) is 5.60 Å². The van der Waals surface area contributed by atoms with Gasteiger partial charge in [0.1, 0.15) is 0 Å². The van der Waals surface area contributed by atoms with Crippen LogP contribution in [0.25, 0.3) is 0 Å². The van der Waals surface area contributed by atoms with Gasteiger partial charge in [0.05, 0.1) is 24.9 Å². The Morgan fingerprint density at radius 3 is 2.88 bits per heavy atom. The predicted octanol–water partition coefficient (Wildman–Crippen LogP) is 1.34. The van der Waals surface area contributed by atoms with Gasteiger partial charge in [0, 0.05) is 19.6 Å². The third kappa shape index (κ3) is 3.91. The van der Waals surface area contributed by atoms with Crippen molar-refractivity contribution in [1.29, 1.82) is 0 Å². The maximum absolute atomic E-state index is 6.01. The predicted molar refractivity (Wildman–Crippen MR) is 66.3 cm³/mol. The summed E-state index contributed by atoms with van der Waals surface area (Å²) in [4.78, 5) is 0. The molecule has 2 fully saturated rings. The third-order valence-electron chi connectivity index (χ3n) is 3.75. The van der Waals surface area contributed by atoms with Crippen LogP contribution in [0.4, 0.5) is 0 Å². The van der Waals surface area contributed by atoms with E-state index in [4.69, 9.17) is 14.2 Å². The third-order valence-corrected chi connectivity index (χ3v) is 3.75. The Labute approximate surface area is 104 Å². The van der Waals surface area contributed by atoms with Crippen LogP contribution < -0.4 is 5.32 Å². The summed E-state index contributed by atoms with van der Waals surface area (Å²) in [5.41, 5.74) is 0.0970. The maximum atomic E-state index is 6.01. The molecule has 2 heterocycles. The highest BCUT2D eigenvalue weighted by molar-refractivity contribution is 4.91. The molecule has 1 unspecified atom stereocenters. The quantitative estimate of drug-likeness (QED) is 0.740. The molecule has 0 aliphatic carbocycles. The van der Waals surface area contributed by atoms with Gasteiger partial charge in [-0.05, 0) is 39.3 Å². The summed E-state index contributed by atoms with van der Waals surface area (Å²) >= 11 is 0. The molecular weight excluding hydrogens is 218 g/mol. The first kappa shape index (κ1) is 13.3. The molecule has 1 N–H and O–H groups in total. The molecule has 1 spiro atoms. The highest BCUT2D eigenvalue weighted by Crippen LogP contribution is 2.34. The summed E-state index contributed by atoms with van der Waals surface area (Å²) in [6.07, 6.45) is 4.70. The van der Waals surface area contributed by atoms with Crippen LogP contribution in [0.3, 0.4) is 0 Å². The molecule has 2 saturated heterocycles. The van der Waals surface area contributed by atoms with Crippen molar-refractivity contribution in [3.8, 4) is 0 Å². The van der Waals surface area contributed by atoms with Gasteiger partial charge >= 0.3 is 0 Å². The van der Waals surface area contributed by atoms with Crippen molar-refractivity contribution in [2.45, 2.75) is 44.3 Å². The Balaban J connectivity index is 1.72. The van der Waals surface area contributed by atoms with Crippen molar-refractivity contribution in [3.63, 3.8) is 0 Å². The molecule has 4 heteroatoms. The smallest absolute Gasteiger partial charge is 0.0731 e. The van der Waals surface area contributed by atoms with Crippen LogP contribution in [0.5, 0.6) is 0 Å². The van der Waals surface area contributed by atoms with E-state index in [1.54, 1.807) is 0 Å². The lowest BCUT2D eigenvalue weighted by Gasteiger charge is -2.43. The van der Waals surface area contributed by atoms with Gasteiger partial charge in [-0.15, -0.1) is 0 Å². The molecule has 4 nitrogen and oxygen atoms in total. The standard InChI is InChI=1S/C13H25NO3/c1-2-15-9-10-16-12-3-8-17-13(11-12)4-6-14-7-5-13/h12,14H,2-11H2,1H3. The fraction of sp³-hybridized carbons (Fsp3) is 1.00. The van der Waals surface area contributed by atoms with Crippen molar-refractivity contribution in [2.75, 3.05) is 39.5 Å². The van der Waals surface area contributed by atoms with Crippen molar-refractivity contribution < 1.29 is 14.2 Å². The molecular formula is C13H25NO3. The van der Waals surface area contributed by atoms with Crippen LogP contribution in [-0.2, 0) is 14.2 Å². The molecule has 0 radical (unpaired) electrons. The van der Waals surface area contributed by atoms with Gasteiger partial charge in [-0.3, -0.25) is 0 Å². The van der Waals surface area contributed by atoms with Crippen molar-refractivity contribution >= 4 is 0 Å². The van der Waals surface area contributed by atoms with Crippen molar-refractivity contribution in [3.05, 3.63) is 0 Å². The first-order valence-electron chi connectivity index (χ1n) is 6.89. The second kappa shape index (κ2) is 6.69. The number of piperidine rings is 1. The number of rotatable bonds is 5. The lowest BCUT2D eigenvalue weighted by Crippen LogP contribution is -2.49. The molecule has 17 heavy (non-hydrogen) atoms. The van der Waals surface area contributed by atoms with E-state index in [9.17, 15) is 0 Å². The number of ether oxygens (including phenoxy) is 3. The highest BCUT2D eigenvalue weighted by Gasteiger charge is 2.38. The number of hydrogen-bond acceptors (Lipinski definition) is 4. The van der Waals surface area contributed by atoms with Gasteiger partial charge in [-0.2, -0.15) is 0 Å². The normalized spacial score (nSPS) is 28.4. The monoisotopic (exact) mass is 243 g/mol. The van der Waals surface area contributed by atoms with E-state index in [1.807, 2.05) is 6.92 Å². The molecule has 100 valence electrons. The first-order chi connectivity index (χ1) is 8.35. The molecule has 0 saturated carbocycles. The topological polar surface area (TPSA) is 39.7 Å². The van der Waals surface area contributed by atoms with Gasteiger partial charge in [0.25, 0.3) is 0 Å². The van der Waals surface area contributed by atoms with Gasteiger partial charge in [0.15, 0.2) is 0 Å². The Morgan fingerprint density at radius 2 is 2.12 bits per heavy atom. The second-order valence-electron chi connectivity index (χ2n) is 4.96. The van der Waals surface area contributed by atoms with Crippen LogP contribution in [0.15, 0.2) is 0 Å². The molecule has 0 aromatic heterocycles. The second-order valence-corrected chi connectivity index (χ2v) is 4.96. The summed E-state index contributed by atoms with van der Waals surface area (Å²) in [6.45, 7) is 7.21. The Morgan fingerprint density at radius 1 is 1.29 bits per heavy atom. The average molecular weight is 243 g/mol. The lowest BCUT2D eigenvalue weighted by molar-refractivity contribution is -0.148. The minimum atomic E-state index is 0.0970. The highest BCUT2D eigenvalue weighted by atomic mass is 16.5. The van der Waals surface area contributed by atoms with Gasteiger partial charge in [0.2, 0.25) is 0 Å². The van der Waals surface area contributed by atoms with Crippen LogP contribution >= 0.6 is 0 Å².